The Balaban J connectivity index is 1.74. The quantitative estimate of drug-likeness (QED) is 0.482. The molecule has 0 saturated heterocycles. The van der Waals surface area contributed by atoms with Gasteiger partial charge in [0.2, 0.25) is 0 Å². The summed E-state index contributed by atoms with van der Waals surface area (Å²) < 4.78 is 2.04. The number of nitrogens with one attached hydrogen (secondary N) is 3. The maximum absolute atomic E-state index is 12.1. The van der Waals surface area contributed by atoms with Gasteiger partial charge in [-0.05, 0) is 62.9 Å². The zero-order chi connectivity index (χ0) is 14.1. The molecule has 0 saturated carbocycles. The van der Waals surface area contributed by atoms with Crippen molar-refractivity contribution in [3.8, 4) is 0 Å². The molecule has 102 valence electrons. The van der Waals surface area contributed by atoms with E-state index < -0.39 is 0 Å². The van der Waals surface area contributed by atoms with Gasteiger partial charge in [-0.3, -0.25) is 4.79 Å². The first-order valence-corrected chi connectivity index (χ1v) is 8.18. The molecule has 0 atom stereocenters. The molecule has 0 unspecified atom stereocenters. The summed E-state index contributed by atoms with van der Waals surface area (Å²) in [6, 6.07) is 9.91. The number of aromatic amines is 2. The van der Waals surface area contributed by atoms with Crippen LogP contribution in [-0.4, -0.2) is 15.9 Å². The molecule has 2 aromatic heterocycles. The zero-order valence-corrected chi connectivity index (χ0v) is 14.7. The van der Waals surface area contributed by atoms with Crippen LogP contribution in [0.1, 0.15) is 16.1 Å². The van der Waals surface area contributed by atoms with Crippen molar-refractivity contribution >= 4 is 62.0 Å². The van der Waals surface area contributed by atoms with E-state index in [0.717, 1.165) is 23.7 Å². The Labute approximate surface area is 143 Å². The molecule has 20 heavy (non-hydrogen) atoms. The highest BCUT2D eigenvalue weighted by atomic mass is 127. The number of aromatic nitrogens is 2. The number of rotatable bonds is 3. The maximum atomic E-state index is 12.1. The van der Waals surface area contributed by atoms with Gasteiger partial charge in [-0.25, -0.2) is 0 Å². The molecule has 6 heteroatoms. The van der Waals surface area contributed by atoms with Gasteiger partial charge in [-0.1, -0.05) is 18.2 Å². The van der Waals surface area contributed by atoms with Gasteiger partial charge in [0.1, 0.15) is 5.69 Å². The van der Waals surface area contributed by atoms with Gasteiger partial charge in [0, 0.05) is 27.2 Å². The van der Waals surface area contributed by atoms with E-state index >= 15 is 0 Å². The third-order valence-corrected chi connectivity index (χ3v) is 5.82. The molecule has 3 N–H and O–H groups in total. The Kier molecular flexibility index (Phi) is 4.01. The summed E-state index contributed by atoms with van der Waals surface area (Å²) in [7, 11) is 0. The molecule has 2 heterocycles. The molecule has 0 aliphatic carbocycles. The third-order valence-electron chi connectivity index (χ3n) is 3.08. The fourth-order valence-electron chi connectivity index (χ4n) is 2.08. The minimum Gasteiger partial charge on any atom is -0.361 e. The molecule has 3 aromatic rings. The van der Waals surface area contributed by atoms with Crippen molar-refractivity contribution in [3.05, 3.63) is 55.1 Å². The maximum Gasteiger partial charge on any atom is 0.268 e. The summed E-state index contributed by atoms with van der Waals surface area (Å²) in [5.41, 5.74) is 2.77. The van der Waals surface area contributed by atoms with Gasteiger partial charge >= 0.3 is 0 Å². The number of hydrogen-bond acceptors (Lipinski definition) is 1. The second-order valence-corrected chi connectivity index (χ2v) is 6.63. The number of benzene rings is 1. The molecular weight excluding hydrogens is 480 g/mol. The van der Waals surface area contributed by atoms with Gasteiger partial charge in [-0.15, -0.1) is 0 Å². The van der Waals surface area contributed by atoms with Crippen molar-refractivity contribution in [3.63, 3.8) is 0 Å². The molecule has 0 aliphatic rings. The van der Waals surface area contributed by atoms with Crippen molar-refractivity contribution in [2.24, 2.45) is 0 Å². The number of carbonyl (C=O) groups is 1. The van der Waals surface area contributed by atoms with E-state index in [-0.39, 0.29) is 5.91 Å². The van der Waals surface area contributed by atoms with E-state index in [1.807, 2.05) is 36.5 Å². The molecular formula is C14H11I2N3O. The first-order valence-electron chi connectivity index (χ1n) is 6.02. The van der Waals surface area contributed by atoms with Crippen LogP contribution in [0.2, 0.25) is 0 Å². The van der Waals surface area contributed by atoms with Gasteiger partial charge in [0.15, 0.2) is 0 Å². The normalized spacial score (nSPS) is 10.9. The number of para-hydroxylation sites is 1. The standard InChI is InChI=1S/C14H11I2N3O/c15-10-5-12(19-13(10)16)14(20)18-7-8-6-17-11-4-2-1-3-9(8)11/h1-6,17,19H,7H2,(H,18,20). The smallest absolute Gasteiger partial charge is 0.268 e. The van der Waals surface area contributed by atoms with Crippen LogP contribution >= 0.6 is 45.2 Å². The van der Waals surface area contributed by atoms with Crippen LogP contribution in [0.25, 0.3) is 10.9 Å². The van der Waals surface area contributed by atoms with E-state index in [0.29, 0.717) is 12.2 Å². The Bertz CT molecular complexity index is 756. The van der Waals surface area contributed by atoms with E-state index in [1.54, 1.807) is 0 Å². The van der Waals surface area contributed by atoms with Crippen molar-refractivity contribution < 1.29 is 4.79 Å². The number of halogens is 2. The van der Waals surface area contributed by atoms with Crippen LogP contribution in [0.4, 0.5) is 0 Å². The van der Waals surface area contributed by atoms with E-state index in [9.17, 15) is 4.79 Å². The molecule has 0 bridgehead atoms. The van der Waals surface area contributed by atoms with Crippen LogP contribution < -0.4 is 5.32 Å². The van der Waals surface area contributed by atoms with Crippen LogP contribution in [-0.2, 0) is 6.54 Å². The minimum atomic E-state index is -0.0869. The number of amides is 1. The lowest BCUT2D eigenvalue weighted by molar-refractivity contribution is 0.0946. The first kappa shape index (κ1) is 13.9. The van der Waals surface area contributed by atoms with Crippen LogP contribution in [0.3, 0.4) is 0 Å². The molecule has 0 fully saturated rings. The van der Waals surface area contributed by atoms with Crippen molar-refractivity contribution in [2.75, 3.05) is 0 Å². The Morgan fingerprint density at radius 1 is 1.25 bits per heavy atom. The summed E-state index contributed by atoms with van der Waals surface area (Å²) in [6.07, 6.45) is 1.94. The van der Waals surface area contributed by atoms with Gasteiger partial charge in [0.25, 0.3) is 5.91 Å². The first-order chi connectivity index (χ1) is 9.65. The Hall–Kier alpha value is -1.03. The topological polar surface area (TPSA) is 60.7 Å². The summed E-state index contributed by atoms with van der Waals surface area (Å²) in [6.45, 7) is 0.509. The fourth-order valence-corrected chi connectivity index (χ4v) is 2.97. The molecule has 0 radical (unpaired) electrons. The largest absolute Gasteiger partial charge is 0.361 e. The van der Waals surface area contributed by atoms with Gasteiger partial charge < -0.3 is 15.3 Å². The molecule has 4 nitrogen and oxygen atoms in total. The molecule has 1 amide bonds. The molecule has 0 spiro atoms. The Morgan fingerprint density at radius 2 is 2.05 bits per heavy atom. The second kappa shape index (κ2) is 5.76. The molecule has 0 aliphatic heterocycles. The predicted molar refractivity (Wildman–Crippen MR) is 95.7 cm³/mol. The number of carbonyl (C=O) groups excluding carboxylic acids is 1. The average Bonchev–Trinajstić information content (AvgIpc) is 3.01. The molecule has 3 rings (SSSR count). The summed E-state index contributed by atoms with van der Waals surface area (Å²) in [5.74, 6) is -0.0869. The van der Waals surface area contributed by atoms with Gasteiger partial charge in [-0.2, -0.15) is 0 Å². The fraction of sp³-hybridized carbons (Fsp3) is 0.0714. The minimum absolute atomic E-state index is 0.0869. The van der Waals surface area contributed by atoms with Crippen LogP contribution in [0.15, 0.2) is 36.5 Å². The highest BCUT2D eigenvalue weighted by Crippen LogP contribution is 2.18. The van der Waals surface area contributed by atoms with Gasteiger partial charge in [0.05, 0.1) is 3.70 Å². The van der Waals surface area contributed by atoms with Crippen molar-refractivity contribution in [1.29, 1.82) is 0 Å². The lowest BCUT2D eigenvalue weighted by Gasteiger charge is -2.02. The highest BCUT2D eigenvalue weighted by Gasteiger charge is 2.11. The average molecular weight is 491 g/mol. The zero-order valence-electron chi connectivity index (χ0n) is 10.3. The third kappa shape index (κ3) is 2.71. The highest BCUT2D eigenvalue weighted by molar-refractivity contribution is 14.1. The summed E-state index contributed by atoms with van der Waals surface area (Å²) >= 11 is 4.39. The molecule has 1 aromatic carbocycles. The SMILES string of the molecule is O=C(NCc1c[nH]c2ccccc12)c1cc(I)c(I)[nH]1. The van der Waals surface area contributed by atoms with Crippen LogP contribution in [0.5, 0.6) is 0 Å². The predicted octanol–water partition coefficient (Wildman–Crippen LogP) is 3.64. The summed E-state index contributed by atoms with van der Waals surface area (Å²) in [4.78, 5) is 18.4. The van der Waals surface area contributed by atoms with Crippen LogP contribution in [0, 0.1) is 7.27 Å². The number of H-pyrrole nitrogens is 2. The lowest BCUT2D eigenvalue weighted by atomic mass is 10.2. The second-order valence-electron chi connectivity index (χ2n) is 4.39. The van der Waals surface area contributed by atoms with Crippen molar-refractivity contribution in [2.45, 2.75) is 6.54 Å². The number of fused-ring (bicyclic) bond motifs is 1. The Morgan fingerprint density at radius 3 is 2.80 bits per heavy atom. The van der Waals surface area contributed by atoms with E-state index in [2.05, 4.69) is 60.5 Å². The monoisotopic (exact) mass is 491 g/mol. The number of hydrogen-bond donors (Lipinski definition) is 3. The van der Waals surface area contributed by atoms with E-state index in [1.165, 1.54) is 0 Å². The lowest BCUT2D eigenvalue weighted by Crippen LogP contribution is -2.23. The van der Waals surface area contributed by atoms with Crippen molar-refractivity contribution in [1.82, 2.24) is 15.3 Å². The van der Waals surface area contributed by atoms with E-state index in [4.69, 9.17) is 0 Å². The summed E-state index contributed by atoms with van der Waals surface area (Å²) in [5, 5.41) is 4.08.